The SMILES string of the molecule is Clc1cc(NN=C(c2ccccc2)c2ccccc2)c2cnccc2c1. The second-order valence-corrected chi connectivity index (χ2v) is 6.29. The molecule has 26 heavy (non-hydrogen) atoms. The first-order chi connectivity index (χ1) is 12.8. The van der Waals surface area contributed by atoms with Gasteiger partial charge in [-0.15, -0.1) is 0 Å². The van der Waals surface area contributed by atoms with Crippen molar-refractivity contribution in [3.8, 4) is 0 Å². The lowest BCUT2D eigenvalue weighted by atomic mass is 10.0. The molecular weight excluding hydrogens is 342 g/mol. The second-order valence-electron chi connectivity index (χ2n) is 5.85. The van der Waals surface area contributed by atoms with Crippen molar-refractivity contribution in [2.45, 2.75) is 0 Å². The van der Waals surface area contributed by atoms with Crippen molar-refractivity contribution in [1.29, 1.82) is 0 Å². The molecule has 0 fully saturated rings. The fourth-order valence-electron chi connectivity index (χ4n) is 2.86. The predicted molar refractivity (Wildman–Crippen MR) is 109 cm³/mol. The van der Waals surface area contributed by atoms with Crippen LogP contribution in [0.2, 0.25) is 5.02 Å². The largest absolute Gasteiger partial charge is 0.277 e. The first-order valence-electron chi connectivity index (χ1n) is 8.29. The van der Waals surface area contributed by atoms with Crippen LogP contribution in [0.5, 0.6) is 0 Å². The fraction of sp³-hybridized carbons (Fsp3) is 0. The van der Waals surface area contributed by atoms with Crippen LogP contribution in [0.1, 0.15) is 11.1 Å². The third-order valence-electron chi connectivity index (χ3n) is 4.10. The minimum Gasteiger partial charge on any atom is -0.277 e. The van der Waals surface area contributed by atoms with Crippen molar-refractivity contribution < 1.29 is 0 Å². The van der Waals surface area contributed by atoms with Crippen LogP contribution in [0, 0.1) is 0 Å². The maximum absolute atomic E-state index is 6.26. The molecule has 4 aromatic rings. The summed E-state index contributed by atoms with van der Waals surface area (Å²) in [6, 6.07) is 25.9. The van der Waals surface area contributed by atoms with Gasteiger partial charge in [0.1, 0.15) is 0 Å². The summed E-state index contributed by atoms with van der Waals surface area (Å²) in [5.41, 5.74) is 6.95. The minimum absolute atomic E-state index is 0.655. The van der Waals surface area contributed by atoms with E-state index in [9.17, 15) is 0 Å². The summed E-state index contributed by atoms with van der Waals surface area (Å²) < 4.78 is 0. The van der Waals surface area contributed by atoms with Gasteiger partial charge in [0.15, 0.2) is 0 Å². The number of hydrogen-bond donors (Lipinski definition) is 1. The lowest BCUT2D eigenvalue weighted by Gasteiger charge is -2.10. The molecular formula is C22H16ClN3. The third kappa shape index (κ3) is 3.44. The average Bonchev–Trinajstić information content (AvgIpc) is 2.69. The highest BCUT2D eigenvalue weighted by molar-refractivity contribution is 6.32. The Hall–Kier alpha value is -3.17. The van der Waals surface area contributed by atoms with Crippen LogP contribution in [-0.2, 0) is 0 Å². The summed E-state index contributed by atoms with van der Waals surface area (Å²) in [4.78, 5) is 4.22. The van der Waals surface area contributed by atoms with Gasteiger partial charge in [-0.2, -0.15) is 5.10 Å². The number of aromatic nitrogens is 1. The predicted octanol–water partition coefficient (Wildman–Crippen LogP) is 5.75. The van der Waals surface area contributed by atoms with E-state index in [0.29, 0.717) is 5.02 Å². The summed E-state index contributed by atoms with van der Waals surface area (Å²) in [7, 11) is 0. The van der Waals surface area contributed by atoms with Crippen LogP contribution in [0.25, 0.3) is 10.8 Å². The zero-order valence-electron chi connectivity index (χ0n) is 13.9. The molecule has 0 saturated heterocycles. The van der Waals surface area contributed by atoms with Crippen LogP contribution < -0.4 is 5.43 Å². The fourth-order valence-corrected chi connectivity index (χ4v) is 3.09. The first kappa shape index (κ1) is 16.3. The molecule has 126 valence electrons. The molecule has 4 rings (SSSR count). The van der Waals surface area contributed by atoms with E-state index in [2.05, 4.69) is 10.4 Å². The highest BCUT2D eigenvalue weighted by Crippen LogP contribution is 2.27. The van der Waals surface area contributed by atoms with E-state index in [-0.39, 0.29) is 0 Å². The zero-order valence-corrected chi connectivity index (χ0v) is 14.7. The molecule has 0 aliphatic rings. The minimum atomic E-state index is 0.655. The molecule has 1 N–H and O–H groups in total. The van der Waals surface area contributed by atoms with Crippen molar-refractivity contribution >= 4 is 33.8 Å². The Morgan fingerprint density at radius 3 is 2.15 bits per heavy atom. The van der Waals surface area contributed by atoms with Crippen LogP contribution in [0.15, 0.2) is 96.4 Å². The maximum atomic E-state index is 6.26. The Kier molecular flexibility index (Phi) is 4.63. The first-order valence-corrected chi connectivity index (χ1v) is 8.67. The van der Waals surface area contributed by atoms with Gasteiger partial charge < -0.3 is 0 Å². The second kappa shape index (κ2) is 7.38. The molecule has 3 aromatic carbocycles. The Balaban J connectivity index is 1.80. The molecule has 0 aliphatic heterocycles. The van der Waals surface area contributed by atoms with E-state index in [4.69, 9.17) is 16.7 Å². The van der Waals surface area contributed by atoms with E-state index in [0.717, 1.165) is 33.3 Å². The standard InChI is InChI=1S/C22H16ClN3/c23-19-13-18-11-12-24-15-20(18)21(14-19)25-26-22(16-7-3-1-4-8-16)17-9-5-2-6-10-17/h1-15,25H. The van der Waals surface area contributed by atoms with Crippen molar-refractivity contribution in [2.24, 2.45) is 5.10 Å². The maximum Gasteiger partial charge on any atom is 0.0977 e. The topological polar surface area (TPSA) is 37.3 Å². The molecule has 4 heteroatoms. The van der Waals surface area contributed by atoms with Crippen LogP contribution in [-0.4, -0.2) is 10.7 Å². The van der Waals surface area contributed by atoms with Crippen LogP contribution >= 0.6 is 11.6 Å². The van der Waals surface area contributed by atoms with Crippen molar-refractivity contribution in [3.63, 3.8) is 0 Å². The number of hydrogen-bond acceptors (Lipinski definition) is 3. The highest BCUT2D eigenvalue weighted by Gasteiger charge is 2.08. The summed E-state index contributed by atoms with van der Waals surface area (Å²) in [6.45, 7) is 0. The number of benzene rings is 3. The number of rotatable bonds is 4. The van der Waals surface area contributed by atoms with Gasteiger partial charge >= 0.3 is 0 Å². The van der Waals surface area contributed by atoms with Crippen molar-refractivity contribution in [1.82, 2.24) is 4.98 Å². The number of nitrogens with one attached hydrogen (secondary N) is 1. The van der Waals surface area contributed by atoms with Gasteiger partial charge in [-0.05, 0) is 23.6 Å². The lowest BCUT2D eigenvalue weighted by Crippen LogP contribution is -2.06. The van der Waals surface area contributed by atoms with Gasteiger partial charge in [0.2, 0.25) is 0 Å². The summed E-state index contributed by atoms with van der Waals surface area (Å²) in [5.74, 6) is 0. The molecule has 0 saturated carbocycles. The quantitative estimate of drug-likeness (QED) is 0.373. The van der Waals surface area contributed by atoms with Crippen molar-refractivity contribution in [3.05, 3.63) is 107 Å². The summed E-state index contributed by atoms with van der Waals surface area (Å²) >= 11 is 6.26. The molecule has 0 bridgehead atoms. The average molecular weight is 358 g/mol. The van der Waals surface area contributed by atoms with Gasteiger partial charge in [0.05, 0.1) is 11.4 Å². The number of nitrogens with zero attached hydrogens (tertiary/aromatic N) is 2. The normalized spacial score (nSPS) is 10.5. The summed E-state index contributed by atoms with van der Waals surface area (Å²) in [5, 5.41) is 7.35. The van der Waals surface area contributed by atoms with E-state index >= 15 is 0 Å². The van der Waals surface area contributed by atoms with Gasteiger partial charge in [0.25, 0.3) is 0 Å². The Labute approximate surface area is 157 Å². The molecule has 0 unspecified atom stereocenters. The number of halogens is 1. The number of pyridine rings is 1. The van der Waals surface area contributed by atoms with Gasteiger partial charge in [-0.1, -0.05) is 72.3 Å². The molecule has 1 heterocycles. The van der Waals surface area contributed by atoms with Gasteiger partial charge in [-0.25, -0.2) is 0 Å². The van der Waals surface area contributed by atoms with E-state index in [1.165, 1.54) is 0 Å². The molecule has 1 aromatic heterocycles. The molecule has 0 amide bonds. The number of hydrazone groups is 1. The molecule has 0 atom stereocenters. The van der Waals surface area contributed by atoms with E-state index in [1.54, 1.807) is 6.20 Å². The lowest BCUT2D eigenvalue weighted by molar-refractivity contribution is 1.32. The van der Waals surface area contributed by atoms with Gasteiger partial charge in [0, 0.05) is 33.9 Å². The Morgan fingerprint density at radius 2 is 1.50 bits per heavy atom. The smallest absolute Gasteiger partial charge is 0.0977 e. The Morgan fingerprint density at radius 1 is 0.846 bits per heavy atom. The zero-order chi connectivity index (χ0) is 17.8. The molecule has 0 radical (unpaired) electrons. The number of fused-ring (bicyclic) bond motifs is 1. The highest BCUT2D eigenvalue weighted by atomic mass is 35.5. The Bertz CT molecular complexity index is 1020. The van der Waals surface area contributed by atoms with Gasteiger partial charge in [-0.3, -0.25) is 10.4 Å². The summed E-state index contributed by atoms with van der Waals surface area (Å²) in [6.07, 6.45) is 3.57. The molecule has 3 nitrogen and oxygen atoms in total. The van der Waals surface area contributed by atoms with E-state index in [1.807, 2.05) is 85.1 Å². The third-order valence-corrected chi connectivity index (χ3v) is 4.32. The monoisotopic (exact) mass is 357 g/mol. The number of anilines is 1. The molecule has 0 aliphatic carbocycles. The van der Waals surface area contributed by atoms with Crippen LogP contribution in [0.4, 0.5) is 5.69 Å². The van der Waals surface area contributed by atoms with E-state index < -0.39 is 0 Å². The molecule has 0 spiro atoms. The van der Waals surface area contributed by atoms with Crippen molar-refractivity contribution in [2.75, 3.05) is 5.43 Å². The van der Waals surface area contributed by atoms with Crippen LogP contribution in [0.3, 0.4) is 0 Å².